The summed E-state index contributed by atoms with van der Waals surface area (Å²) in [6.07, 6.45) is 2.39. The van der Waals surface area contributed by atoms with Gasteiger partial charge in [0.15, 0.2) is 0 Å². The number of unbranched alkanes of at least 4 members (excludes halogenated alkanes) is 2. The number of carbonyl (C=O) groups excluding carboxylic acids is 3. The minimum atomic E-state index is -0.876. The summed E-state index contributed by atoms with van der Waals surface area (Å²) >= 11 is 0. The van der Waals surface area contributed by atoms with Gasteiger partial charge in [-0.15, -0.1) is 0 Å². The van der Waals surface area contributed by atoms with Gasteiger partial charge in [-0.2, -0.15) is 0 Å². The highest BCUT2D eigenvalue weighted by atomic mass is 16.6. The second-order valence-corrected chi connectivity index (χ2v) is 12.1. The van der Waals surface area contributed by atoms with Crippen LogP contribution < -0.4 is 10.6 Å². The monoisotopic (exact) mass is 551 g/mol. The molecule has 2 N–H and O–H groups in total. The number of anilines is 1. The lowest BCUT2D eigenvalue weighted by molar-refractivity contribution is -0.141. The molecule has 7 nitrogen and oxygen atoms in total. The van der Waals surface area contributed by atoms with E-state index in [2.05, 4.69) is 17.6 Å². The van der Waals surface area contributed by atoms with Gasteiger partial charge in [-0.1, -0.05) is 70.0 Å². The van der Waals surface area contributed by atoms with E-state index in [4.69, 9.17) is 4.74 Å². The van der Waals surface area contributed by atoms with Crippen LogP contribution in [0.25, 0.3) is 0 Å². The third-order valence-electron chi connectivity index (χ3n) is 6.89. The molecule has 0 aromatic heterocycles. The van der Waals surface area contributed by atoms with Crippen molar-refractivity contribution in [3.8, 4) is 0 Å². The molecule has 2 rings (SSSR count). The third kappa shape index (κ3) is 9.68. The lowest BCUT2D eigenvalue weighted by Crippen LogP contribution is -2.53. The highest BCUT2D eigenvalue weighted by Gasteiger charge is 2.37. The highest BCUT2D eigenvalue weighted by molar-refractivity contribution is 5.99. The van der Waals surface area contributed by atoms with Crippen molar-refractivity contribution >= 4 is 23.6 Å². The Morgan fingerprint density at radius 1 is 0.925 bits per heavy atom. The first-order chi connectivity index (χ1) is 18.7. The normalized spacial score (nSPS) is 12.9. The summed E-state index contributed by atoms with van der Waals surface area (Å²) in [5.74, 6) is -0.448. The third-order valence-corrected chi connectivity index (χ3v) is 6.89. The zero-order chi connectivity index (χ0) is 30.0. The molecule has 0 heterocycles. The van der Waals surface area contributed by atoms with E-state index in [0.29, 0.717) is 18.7 Å². The van der Waals surface area contributed by atoms with Gasteiger partial charge in [0.25, 0.3) is 5.91 Å². The van der Waals surface area contributed by atoms with E-state index in [1.807, 2.05) is 77.1 Å². The summed E-state index contributed by atoms with van der Waals surface area (Å²) < 4.78 is 5.50. The molecule has 0 aliphatic rings. The number of rotatable bonds is 12. The molecular weight excluding hydrogens is 502 g/mol. The Bertz CT molecular complexity index is 1150. The highest BCUT2D eigenvalue weighted by Crippen LogP contribution is 2.30. The molecule has 0 aliphatic heterocycles. The lowest BCUT2D eigenvalue weighted by atomic mass is 9.94. The molecular formula is C33H49N3O4. The van der Waals surface area contributed by atoms with Crippen molar-refractivity contribution in [3.63, 3.8) is 0 Å². The Morgan fingerprint density at radius 2 is 1.57 bits per heavy atom. The predicted octanol–water partition coefficient (Wildman–Crippen LogP) is 7.25. The molecule has 7 heteroatoms. The molecule has 0 radical (unpaired) electrons. The first kappa shape index (κ1) is 32.9. The maximum absolute atomic E-state index is 14.4. The van der Waals surface area contributed by atoms with Gasteiger partial charge in [0.1, 0.15) is 17.7 Å². The van der Waals surface area contributed by atoms with Crippen LogP contribution in [-0.4, -0.2) is 41.0 Å². The summed E-state index contributed by atoms with van der Waals surface area (Å²) in [6, 6.07) is 11.7. The summed E-state index contributed by atoms with van der Waals surface area (Å²) in [5.41, 5.74) is 3.71. The van der Waals surface area contributed by atoms with Crippen LogP contribution in [0.5, 0.6) is 0 Å². The molecule has 220 valence electrons. The largest absolute Gasteiger partial charge is 0.444 e. The standard InChI is InChI=1S/C33H49N3O4/c1-10-11-14-20-36(31(38)28(21-22(2)3)35-32(39)40-33(7,8)9)29(26-18-15-17-23(4)25(26)6)30(37)34-27-19-13-12-16-24(27)5/h12-13,15-19,22,28-29H,10-11,14,20-21H2,1-9H3,(H,34,37)(H,35,39). The number of ether oxygens (including phenoxy) is 1. The summed E-state index contributed by atoms with van der Waals surface area (Å²) in [5, 5.41) is 5.91. The quantitative estimate of drug-likeness (QED) is 0.272. The molecule has 0 bridgehead atoms. The topological polar surface area (TPSA) is 87.7 Å². The minimum absolute atomic E-state index is 0.126. The number of hydrogen-bond donors (Lipinski definition) is 2. The molecule has 3 amide bonds. The van der Waals surface area contributed by atoms with Crippen molar-refractivity contribution < 1.29 is 19.1 Å². The number of benzene rings is 2. The Balaban J connectivity index is 2.61. The van der Waals surface area contributed by atoms with Crippen molar-refractivity contribution in [1.29, 1.82) is 0 Å². The zero-order valence-electron chi connectivity index (χ0n) is 25.9. The number of alkyl carbamates (subject to hydrolysis) is 1. The van der Waals surface area contributed by atoms with E-state index >= 15 is 0 Å². The second-order valence-electron chi connectivity index (χ2n) is 12.1. The van der Waals surface area contributed by atoms with Crippen LogP contribution in [-0.2, 0) is 14.3 Å². The first-order valence-electron chi connectivity index (χ1n) is 14.5. The van der Waals surface area contributed by atoms with Gasteiger partial charge in [0, 0.05) is 12.2 Å². The Hall–Kier alpha value is -3.35. The van der Waals surface area contributed by atoms with Gasteiger partial charge in [-0.3, -0.25) is 9.59 Å². The number of aryl methyl sites for hydroxylation is 2. The number of nitrogens with zero attached hydrogens (tertiary/aromatic N) is 1. The summed E-state index contributed by atoms with van der Waals surface area (Å²) in [4.78, 5) is 43.0. The molecule has 40 heavy (non-hydrogen) atoms. The van der Waals surface area contributed by atoms with Gasteiger partial charge < -0.3 is 20.3 Å². The van der Waals surface area contributed by atoms with Crippen LogP contribution in [0.3, 0.4) is 0 Å². The molecule has 0 saturated carbocycles. The first-order valence-corrected chi connectivity index (χ1v) is 14.5. The Kier molecular flexibility index (Phi) is 12.2. The van der Waals surface area contributed by atoms with Crippen LogP contribution in [0.2, 0.25) is 0 Å². The van der Waals surface area contributed by atoms with E-state index in [9.17, 15) is 14.4 Å². The number of amides is 3. The van der Waals surface area contributed by atoms with Gasteiger partial charge >= 0.3 is 6.09 Å². The minimum Gasteiger partial charge on any atom is -0.444 e. The number of para-hydroxylation sites is 1. The van der Waals surface area contributed by atoms with Crippen LogP contribution in [0.15, 0.2) is 42.5 Å². The van der Waals surface area contributed by atoms with E-state index in [1.54, 1.807) is 25.7 Å². The predicted molar refractivity (Wildman–Crippen MR) is 162 cm³/mol. The van der Waals surface area contributed by atoms with Crippen molar-refractivity contribution in [1.82, 2.24) is 10.2 Å². The molecule has 2 aromatic rings. The van der Waals surface area contributed by atoms with Crippen molar-refractivity contribution in [2.75, 3.05) is 11.9 Å². The van der Waals surface area contributed by atoms with Gasteiger partial charge in [0.2, 0.25) is 5.91 Å². The van der Waals surface area contributed by atoms with E-state index in [-0.39, 0.29) is 17.7 Å². The molecule has 0 spiro atoms. The molecule has 2 aromatic carbocycles. The van der Waals surface area contributed by atoms with Crippen molar-refractivity contribution in [3.05, 3.63) is 64.7 Å². The zero-order valence-corrected chi connectivity index (χ0v) is 25.9. The average Bonchev–Trinajstić information content (AvgIpc) is 2.85. The number of hydrogen-bond acceptors (Lipinski definition) is 4. The smallest absolute Gasteiger partial charge is 0.408 e. The van der Waals surface area contributed by atoms with Crippen LogP contribution >= 0.6 is 0 Å². The van der Waals surface area contributed by atoms with E-state index in [0.717, 1.165) is 41.5 Å². The molecule has 0 aliphatic carbocycles. The van der Waals surface area contributed by atoms with Crippen LogP contribution in [0, 0.1) is 26.7 Å². The average molecular weight is 552 g/mol. The number of carbonyl (C=O) groups is 3. The fraction of sp³-hybridized carbons (Fsp3) is 0.545. The molecule has 2 unspecified atom stereocenters. The maximum atomic E-state index is 14.4. The SMILES string of the molecule is CCCCCN(C(=O)C(CC(C)C)NC(=O)OC(C)(C)C)C(C(=O)Nc1ccccc1C)c1cccc(C)c1C. The molecule has 2 atom stereocenters. The van der Waals surface area contributed by atoms with Crippen molar-refractivity contribution in [2.24, 2.45) is 5.92 Å². The van der Waals surface area contributed by atoms with E-state index < -0.39 is 23.8 Å². The molecule has 0 saturated heterocycles. The van der Waals surface area contributed by atoms with Gasteiger partial charge in [-0.25, -0.2) is 4.79 Å². The fourth-order valence-electron chi connectivity index (χ4n) is 4.68. The lowest BCUT2D eigenvalue weighted by Gasteiger charge is -2.36. The summed E-state index contributed by atoms with van der Waals surface area (Å²) in [7, 11) is 0. The van der Waals surface area contributed by atoms with E-state index in [1.165, 1.54) is 0 Å². The molecule has 0 fully saturated rings. The maximum Gasteiger partial charge on any atom is 0.408 e. The van der Waals surface area contributed by atoms with Gasteiger partial charge in [-0.05, 0) is 88.6 Å². The fourth-order valence-corrected chi connectivity index (χ4v) is 4.68. The second kappa shape index (κ2) is 14.9. The van der Waals surface area contributed by atoms with Crippen LogP contribution in [0.1, 0.15) is 95.5 Å². The van der Waals surface area contributed by atoms with Crippen molar-refractivity contribution in [2.45, 2.75) is 106 Å². The number of nitrogens with one attached hydrogen (secondary N) is 2. The Morgan fingerprint density at radius 3 is 2.17 bits per heavy atom. The summed E-state index contributed by atoms with van der Waals surface area (Å²) in [6.45, 7) is 17.8. The Labute approximate surface area is 241 Å². The van der Waals surface area contributed by atoms with Gasteiger partial charge in [0.05, 0.1) is 0 Å². The van der Waals surface area contributed by atoms with Crippen LogP contribution in [0.4, 0.5) is 10.5 Å².